The summed E-state index contributed by atoms with van der Waals surface area (Å²) in [5.41, 5.74) is 2.17. The van der Waals surface area contributed by atoms with Crippen LogP contribution in [-0.2, 0) is 12.8 Å². The van der Waals surface area contributed by atoms with Gasteiger partial charge in [0.25, 0.3) is 0 Å². The lowest BCUT2D eigenvalue weighted by atomic mass is 9.85. The summed E-state index contributed by atoms with van der Waals surface area (Å²) in [6, 6.07) is 20.6. The summed E-state index contributed by atoms with van der Waals surface area (Å²) in [5.74, 6) is 0. The van der Waals surface area contributed by atoms with E-state index in [4.69, 9.17) is 0 Å². The summed E-state index contributed by atoms with van der Waals surface area (Å²) in [5, 5.41) is 13.1. The van der Waals surface area contributed by atoms with Crippen LogP contribution in [0.3, 0.4) is 0 Å². The molecule has 2 nitrogen and oxygen atoms in total. The van der Waals surface area contributed by atoms with Crippen molar-refractivity contribution >= 4 is 0 Å². The molecule has 0 heterocycles. The summed E-state index contributed by atoms with van der Waals surface area (Å²) in [6.45, 7) is 0.118. The first-order valence-electron chi connectivity index (χ1n) is 6.66. The van der Waals surface area contributed by atoms with Crippen molar-refractivity contribution in [3.8, 4) is 0 Å². The Morgan fingerprint density at radius 2 is 1.26 bits per heavy atom. The van der Waals surface area contributed by atoms with Crippen LogP contribution in [0.4, 0.5) is 0 Å². The second kappa shape index (κ2) is 6.50. The number of hydrogen-bond donors (Lipinski definition) is 2. The Morgan fingerprint density at radius 3 is 1.58 bits per heavy atom. The molecule has 0 saturated heterocycles. The smallest absolute Gasteiger partial charge is 0.0619 e. The van der Waals surface area contributed by atoms with Gasteiger partial charge < -0.3 is 10.4 Å². The molecule has 0 aliphatic heterocycles. The van der Waals surface area contributed by atoms with Crippen LogP contribution in [-0.4, -0.2) is 24.3 Å². The monoisotopic (exact) mass is 255 g/mol. The Kier molecular flexibility index (Phi) is 4.72. The molecule has 0 radical (unpaired) electrons. The molecule has 0 aliphatic rings. The van der Waals surface area contributed by atoms with Crippen LogP contribution in [0.15, 0.2) is 60.7 Å². The van der Waals surface area contributed by atoms with Gasteiger partial charge in [0.05, 0.1) is 6.61 Å². The molecular formula is C17H21NO. The summed E-state index contributed by atoms with van der Waals surface area (Å²) < 4.78 is 0. The van der Waals surface area contributed by atoms with Gasteiger partial charge in [-0.25, -0.2) is 0 Å². The number of rotatable bonds is 6. The quantitative estimate of drug-likeness (QED) is 0.831. The lowest BCUT2D eigenvalue weighted by Gasteiger charge is -2.32. The molecule has 100 valence electrons. The molecule has 0 saturated carbocycles. The number of aliphatic hydroxyl groups excluding tert-OH is 1. The molecular weight excluding hydrogens is 234 g/mol. The van der Waals surface area contributed by atoms with E-state index in [0.717, 1.165) is 12.8 Å². The Balaban J connectivity index is 2.18. The van der Waals surface area contributed by atoms with Gasteiger partial charge in [0.15, 0.2) is 0 Å². The average molecular weight is 255 g/mol. The van der Waals surface area contributed by atoms with E-state index in [2.05, 4.69) is 29.6 Å². The maximum Gasteiger partial charge on any atom is 0.0619 e. The number of benzene rings is 2. The zero-order valence-corrected chi connectivity index (χ0v) is 11.3. The van der Waals surface area contributed by atoms with Crippen molar-refractivity contribution < 1.29 is 5.11 Å². The Labute approximate surface area is 115 Å². The standard InChI is InChI=1S/C17H21NO/c1-18-17(14-19,12-15-8-4-2-5-9-15)13-16-10-6-3-7-11-16/h2-11,18-19H,12-14H2,1H3. The van der Waals surface area contributed by atoms with E-state index in [1.807, 2.05) is 43.4 Å². The van der Waals surface area contributed by atoms with E-state index in [1.165, 1.54) is 11.1 Å². The molecule has 2 N–H and O–H groups in total. The molecule has 2 rings (SSSR count). The highest BCUT2D eigenvalue weighted by molar-refractivity contribution is 5.22. The molecule has 2 aromatic rings. The Hall–Kier alpha value is -1.64. The van der Waals surface area contributed by atoms with Crippen molar-refractivity contribution in [2.75, 3.05) is 13.7 Å². The molecule has 0 fully saturated rings. The fraction of sp³-hybridized carbons (Fsp3) is 0.294. The van der Waals surface area contributed by atoms with Crippen molar-refractivity contribution in [2.24, 2.45) is 0 Å². The fourth-order valence-corrected chi connectivity index (χ4v) is 2.40. The van der Waals surface area contributed by atoms with Crippen molar-refractivity contribution in [3.63, 3.8) is 0 Å². The van der Waals surface area contributed by atoms with E-state index >= 15 is 0 Å². The molecule has 0 bridgehead atoms. The lowest BCUT2D eigenvalue weighted by molar-refractivity contribution is 0.166. The van der Waals surface area contributed by atoms with Crippen LogP contribution in [0.25, 0.3) is 0 Å². The van der Waals surface area contributed by atoms with Crippen LogP contribution in [0.1, 0.15) is 11.1 Å². The van der Waals surface area contributed by atoms with Gasteiger partial charge in [-0.15, -0.1) is 0 Å². The van der Waals surface area contributed by atoms with E-state index < -0.39 is 0 Å². The summed E-state index contributed by atoms with van der Waals surface area (Å²) >= 11 is 0. The molecule has 2 heteroatoms. The van der Waals surface area contributed by atoms with Crippen molar-refractivity contribution in [1.29, 1.82) is 0 Å². The predicted molar refractivity (Wildman–Crippen MR) is 79.2 cm³/mol. The van der Waals surface area contributed by atoms with Gasteiger partial charge in [-0.3, -0.25) is 0 Å². The van der Waals surface area contributed by atoms with E-state index in [9.17, 15) is 5.11 Å². The van der Waals surface area contributed by atoms with Crippen LogP contribution >= 0.6 is 0 Å². The summed E-state index contributed by atoms with van der Waals surface area (Å²) in [6.07, 6.45) is 1.63. The third-order valence-corrected chi connectivity index (χ3v) is 3.60. The molecule has 2 aromatic carbocycles. The minimum Gasteiger partial charge on any atom is -0.394 e. The molecule has 0 amide bonds. The second-order valence-electron chi connectivity index (χ2n) is 5.01. The number of likely N-dealkylation sites (N-methyl/N-ethyl adjacent to an activating group) is 1. The van der Waals surface area contributed by atoms with Crippen molar-refractivity contribution in [3.05, 3.63) is 71.8 Å². The van der Waals surface area contributed by atoms with E-state index in [0.29, 0.717) is 0 Å². The van der Waals surface area contributed by atoms with E-state index in [-0.39, 0.29) is 12.1 Å². The predicted octanol–water partition coefficient (Wildman–Crippen LogP) is 2.42. The van der Waals surface area contributed by atoms with Gasteiger partial charge >= 0.3 is 0 Å². The number of nitrogens with one attached hydrogen (secondary N) is 1. The van der Waals surface area contributed by atoms with Gasteiger partial charge in [0.2, 0.25) is 0 Å². The first-order chi connectivity index (χ1) is 9.28. The maximum atomic E-state index is 9.84. The second-order valence-corrected chi connectivity index (χ2v) is 5.01. The molecule has 0 unspecified atom stereocenters. The topological polar surface area (TPSA) is 32.3 Å². The van der Waals surface area contributed by atoms with Crippen LogP contribution in [0.2, 0.25) is 0 Å². The zero-order chi connectivity index (χ0) is 13.6. The third kappa shape index (κ3) is 3.66. The largest absolute Gasteiger partial charge is 0.394 e. The average Bonchev–Trinajstić information content (AvgIpc) is 2.48. The van der Waals surface area contributed by atoms with Crippen molar-refractivity contribution in [2.45, 2.75) is 18.4 Å². The molecule has 0 atom stereocenters. The normalized spacial score (nSPS) is 11.5. The molecule has 0 spiro atoms. The Bertz CT molecular complexity index is 434. The van der Waals surface area contributed by atoms with Gasteiger partial charge in [0.1, 0.15) is 0 Å². The highest BCUT2D eigenvalue weighted by atomic mass is 16.3. The minimum absolute atomic E-state index is 0.118. The minimum atomic E-state index is -0.303. The molecule has 19 heavy (non-hydrogen) atoms. The fourth-order valence-electron chi connectivity index (χ4n) is 2.40. The van der Waals surface area contributed by atoms with Crippen LogP contribution in [0, 0.1) is 0 Å². The van der Waals surface area contributed by atoms with Gasteiger partial charge in [-0.2, -0.15) is 0 Å². The van der Waals surface area contributed by atoms with Crippen LogP contribution < -0.4 is 5.32 Å². The summed E-state index contributed by atoms with van der Waals surface area (Å²) in [4.78, 5) is 0. The third-order valence-electron chi connectivity index (χ3n) is 3.60. The first-order valence-corrected chi connectivity index (χ1v) is 6.66. The molecule has 0 aromatic heterocycles. The number of aliphatic hydroxyl groups is 1. The maximum absolute atomic E-state index is 9.84. The van der Waals surface area contributed by atoms with Gasteiger partial charge in [0, 0.05) is 5.54 Å². The highest BCUT2D eigenvalue weighted by Crippen LogP contribution is 2.18. The zero-order valence-electron chi connectivity index (χ0n) is 11.3. The van der Waals surface area contributed by atoms with Crippen LogP contribution in [0.5, 0.6) is 0 Å². The van der Waals surface area contributed by atoms with Gasteiger partial charge in [-0.05, 0) is 31.0 Å². The Morgan fingerprint density at radius 1 is 0.842 bits per heavy atom. The van der Waals surface area contributed by atoms with Crippen molar-refractivity contribution in [1.82, 2.24) is 5.32 Å². The first kappa shape index (κ1) is 13.8. The SMILES string of the molecule is CNC(CO)(Cc1ccccc1)Cc1ccccc1. The number of hydrogen-bond acceptors (Lipinski definition) is 2. The lowest BCUT2D eigenvalue weighted by Crippen LogP contribution is -2.50. The highest BCUT2D eigenvalue weighted by Gasteiger charge is 2.27. The van der Waals surface area contributed by atoms with Gasteiger partial charge in [-0.1, -0.05) is 60.7 Å². The molecule has 0 aliphatic carbocycles. The van der Waals surface area contributed by atoms with E-state index in [1.54, 1.807) is 0 Å². The summed E-state index contributed by atoms with van der Waals surface area (Å²) in [7, 11) is 1.92.